The third-order valence-corrected chi connectivity index (χ3v) is 3.37. The Balaban J connectivity index is 2.03. The largest absolute Gasteiger partial charge is 0.497 e. The van der Waals surface area contributed by atoms with E-state index in [0.29, 0.717) is 6.54 Å². The zero-order valence-corrected chi connectivity index (χ0v) is 13.2. The van der Waals surface area contributed by atoms with Gasteiger partial charge in [-0.1, -0.05) is 12.1 Å². The predicted molar refractivity (Wildman–Crippen MR) is 88.7 cm³/mol. The van der Waals surface area contributed by atoms with Crippen LogP contribution in [0.4, 0.5) is 0 Å². The molecule has 0 amide bonds. The monoisotopic (exact) mass is 299 g/mol. The van der Waals surface area contributed by atoms with Gasteiger partial charge in [0.2, 0.25) is 0 Å². The average Bonchev–Trinajstić information content (AvgIpc) is 2.58. The van der Waals surface area contributed by atoms with Crippen LogP contribution in [0.1, 0.15) is 11.1 Å². The van der Waals surface area contributed by atoms with E-state index in [0.717, 1.165) is 34.8 Å². The summed E-state index contributed by atoms with van der Waals surface area (Å²) in [6, 6.07) is 13.6. The number of methoxy groups -OCH3 is 3. The molecule has 0 aromatic heterocycles. The van der Waals surface area contributed by atoms with Gasteiger partial charge in [0.05, 0.1) is 21.3 Å². The summed E-state index contributed by atoms with van der Waals surface area (Å²) >= 11 is 0. The molecule has 0 fully saturated rings. The van der Waals surface area contributed by atoms with E-state index in [-0.39, 0.29) is 0 Å². The molecule has 4 heteroatoms. The van der Waals surface area contributed by atoms with Crippen LogP contribution in [0.2, 0.25) is 0 Å². The lowest BCUT2D eigenvalue weighted by molar-refractivity contribution is 0.399. The highest BCUT2D eigenvalue weighted by Crippen LogP contribution is 2.24. The normalized spacial score (nSPS) is 10.7. The SMILES string of the molecule is COc1ccc(OC)c(CCN=Cc2ccccc2OC)c1. The molecule has 2 rings (SSSR count). The highest BCUT2D eigenvalue weighted by atomic mass is 16.5. The molecule has 0 aliphatic carbocycles. The second kappa shape index (κ2) is 8.08. The minimum atomic E-state index is 0.668. The molecule has 0 unspecified atom stereocenters. The van der Waals surface area contributed by atoms with Gasteiger partial charge in [-0.15, -0.1) is 0 Å². The fraction of sp³-hybridized carbons (Fsp3) is 0.278. The lowest BCUT2D eigenvalue weighted by atomic mass is 10.1. The molecule has 0 aliphatic heterocycles. The number of rotatable bonds is 7. The molecule has 2 aromatic rings. The van der Waals surface area contributed by atoms with Crippen molar-refractivity contribution in [2.45, 2.75) is 6.42 Å². The lowest BCUT2D eigenvalue weighted by Crippen LogP contribution is -1.97. The molecule has 0 radical (unpaired) electrons. The Morgan fingerprint density at radius 3 is 2.41 bits per heavy atom. The molecule has 0 heterocycles. The van der Waals surface area contributed by atoms with Gasteiger partial charge in [0.25, 0.3) is 0 Å². The van der Waals surface area contributed by atoms with Gasteiger partial charge < -0.3 is 14.2 Å². The Labute approximate surface area is 131 Å². The van der Waals surface area contributed by atoms with E-state index < -0.39 is 0 Å². The van der Waals surface area contributed by atoms with Gasteiger partial charge in [-0.25, -0.2) is 0 Å². The fourth-order valence-corrected chi connectivity index (χ4v) is 2.20. The van der Waals surface area contributed by atoms with Crippen molar-refractivity contribution in [3.8, 4) is 17.2 Å². The number of nitrogens with zero attached hydrogens (tertiary/aromatic N) is 1. The van der Waals surface area contributed by atoms with Crippen molar-refractivity contribution >= 4 is 6.21 Å². The van der Waals surface area contributed by atoms with Gasteiger partial charge in [-0.2, -0.15) is 0 Å². The smallest absolute Gasteiger partial charge is 0.127 e. The zero-order chi connectivity index (χ0) is 15.8. The topological polar surface area (TPSA) is 40.0 Å². The highest BCUT2D eigenvalue weighted by Gasteiger charge is 2.04. The lowest BCUT2D eigenvalue weighted by Gasteiger charge is -2.09. The summed E-state index contributed by atoms with van der Waals surface area (Å²) in [5, 5.41) is 0. The van der Waals surface area contributed by atoms with E-state index in [1.54, 1.807) is 21.3 Å². The fourth-order valence-electron chi connectivity index (χ4n) is 2.20. The van der Waals surface area contributed by atoms with E-state index >= 15 is 0 Å². The maximum absolute atomic E-state index is 5.37. The molecule has 2 aromatic carbocycles. The van der Waals surface area contributed by atoms with E-state index in [2.05, 4.69) is 4.99 Å². The van der Waals surface area contributed by atoms with Crippen LogP contribution in [-0.4, -0.2) is 34.1 Å². The van der Waals surface area contributed by atoms with Gasteiger partial charge in [-0.3, -0.25) is 4.99 Å². The van der Waals surface area contributed by atoms with Crippen molar-refractivity contribution in [2.75, 3.05) is 27.9 Å². The number of hydrogen-bond acceptors (Lipinski definition) is 4. The molecule has 116 valence electrons. The van der Waals surface area contributed by atoms with Crippen LogP contribution in [0.25, 0.3) is 0 Å². The Morgan fingerprint density at radius 1 is 0.909 bits per heavy atom. The first kappa shape index (κ1) is 15.9. The van der Waals surface area contributed by atoms with Crippen LogP contribution in [0, 0.1) is 0 Å². The van der Waals surface area contributed by atoms with Crippen LogP contribution in [0.15, 0.2) is 47.5 Å². The van der Waals surface area contributed by atoms with Crippen molar-refractivity contribution in [2.24, 2.45) is 4.99 Å². The van der Waals surface area contributed by atoms with Gasteiger partial charge in [-0.05, 0) is 42.3 Å². The minimum absolute atomic E-state index is 0.668. The quantitative estimate of drug-likeness (QED) is 0.736. The molecule has 0 N–H and O–H groups in total. The second-order valence-corrected chi connectivity index (χ2v) is 4.71. The Hall–Kier alpha value is -2.49. The molecule has 0 atom stereocenters. The van der Waals surface area contributed by atoms with E-state index in [9.17, 15) is 0 Å². The molecule has 0 spiro atoms. The third kappa shape index (κ3) is 4.01. The van der Waals surface area contributed by atoms with Gasteiger partial charge in [0, 0.05) is 18.3 Å². The zero-order valence-electron chi connectivity index (χ0n) is 13.2. The molecule has 0 aliphatic rings. The molecule has 4 nitrogen and oxygen atoms in total. The number of para-hydroxylation sites is 1. The van der Waals surface area contributed by atoms with Crippen molar-refractivity contribution < 1.29 is 14.2 Å². The van der Waals surface area contributed by atoms with Crippen LogP contribution in [0.5, 0.6) is 17.2 Å². The molecular formula is C18H21NO3. The first-order chi connectivity index (χ1) is 10.8. The summed E-state index contributed by atoms with van der Waals surface area (Å²) < 4.78 is 15.9. The maximum Gasteiger partial charge on any atom is 0.127 e. The Bertz CT molecular complexity index is 638. The van der Waals surface area contributed by atoms with Gasteiger partial charge >= 0.3 is 0 Å². The highest BCUT2D eigenvalue weighted by molar-refractivity contribution is 5.83. The summed E-state index contributed by atoms with van der Waals surface area (Å²) in [5.41, 5.74) is 2.06. The van der Waals surface area contributed by atoms with Gasteiger partial charge in [0.1, 0.15) is 17.2 Å². The van der Waals surface area contributed by atoms with E-state index in [4.69, 9.17) is 14.2 Å². The number of benzene rings is 2. The summed E-state index contributed by atoms with van der Waals surface area (Å²) in [5.74, 6) is 2.50. The Morgan fingerprint density at radius 2 is 1.68 bits per heavy atom. The molecule has 0 bridgehead atoms. The van der Waals surface area contributed by atoms with Crippen LogP contribution >= 0.6 is 0 Å². The summed E-state index contributed by atoms with van der Waals surface area (Å²) in [6.07, 6.45) is 2.62. The average molecular weight is 299 g/mol. The number of hydrogen-bond donors (Lipinski definition) is 0. The third-order valence-electron chi connectivity index (χ3n) is 3.37. The summed E-state index contributed by atoms with van der Waals surface area (Å²) in [4.78, 5) is 4.48. The van der Waals surface area contributed by atoms with Crippen molar-refractivity contribution in [3.63, 3.8) is 0 Å². The number of ether oxygens (including phenoxy) is 3. The summed E-state index contributed by atoms with van der Waals surface area (Å²) in [7, 11) is 4.99. The summed E-state index contributed by atoms with van der Waals surface area (Å²) in [6.45, 7) is 0.668. The van der Waals surface area contributed by atoms with E-state index in [1.165, 1.54) is 0 Å². The molecule has 0 saturated carbocycles. The predicted octanol–water partition coefficient (Wildman–Crippen LogP) is 3.37. The first-order valence-corrected chi connectivity index (χ1v) is 7.12. The van der Waals surface area contributed by atoms with E-state index in [1.807, 2.05) is 48.7 Å². The van der Waals surface area contributed by atoms with Crippen LogP contribution in [-0.2, 0) is 6.42 Å². The minimum Gasteiger partial charge on any atom is -0.497 e. The Kier molecular flexibility index (Phi) is 5.83. The first-order valence-electron chi connectivity index (χ1n) is 7.12. The van der Waals surface area contributed by atoms with Crippen LogP contribution < -0.4 is 14.2 Å². The van der Waals surface area contributed by atoms with Crippen LogP contribution in [0.3, 0.4) is 0 Å². The standard InChI is InChI=1S/C18H21NO3/c1-20-16-8-9-18(22-3)14(12-16)10-11-19-13-15-6-4-5-7-17(15)21-2/h4-9,12-13H,10-11H2,1-3H3. The van der Waals surface area contributed by atoms with Crippen molar-refractivity contribution in [3.05, 3.63) is 53.6 Å². The maximum atomic E-state index is 5.37. The second-order valence-electron chi connectivity index (χ2n) is 4.71. The molecule has 22 heavy (non-hydrogen) atoms. The van der Waals surface area contributed by atoms with Crippen molar-refractivity contribution in [1.29, 1.82) is 0 Å². The number of aliphatic imine (C=N–C) groups is 1. The molecular weight excluding hydrogens is 278 g/mol. The molecule has 0 saturated heterocycles. The van der Waals surface area contributed by atoms with Crippen molar-refractivity contribution in [1.82, 2.24) is 0 Å². The van der Waals surface area contributed by atoms with Gasteiger partial charge in [0.15, 0.2) is 0 Å².